The van der Waals surface area contributed by atoms with Gasteiger partial charge < -0.3 is 5.32 Å². The summed E-state index contributed by atoms with van der Waals surface area (Å²) in [5, 5.41) is 2.95. The van der Waals surface area contributed by atoms with Crippen molar-refractivity contribution in [2.24, 2.45) is 5.92 Å². The Morgan fingerprint density at radius 1 is 1.04 bits per heavy atom. The molecule has 0 aromatic heterocycles. The van der Waals surface area contributed by atoms with Crippen LogP contribution in [0.5, 0.6) is 0 Å². The lowest BCUT2D eigenvalue weighted by Crippen LogP contribution is -2.41. The zero-order chi connectivity index (χ0) is 20.5. The van der Waals surface area contributed by atoms with Crippen molar-refractivity contribution in [2.45, 2.75) is 38.5 Å². The molecule has 0 atom stereocenters. The number of anilines is 1. The summed E-state index contributed by atoms with van der Waals surface area (Å²) in [7, 11) is -3.53. The molecule has 1 saturated heterocycles. The highest BCUT2D eigenvalue weighted by Crippen LogP contribution is 2.28. The zero-order valence-electron chi connectivity index (χ0n) is 16.3. The van der Waals surface area contributed by atoms with Crippen molar-refractivity contribution in [3.8, 4) is 0 Å². The first-order chi connectivity index (χ1) is 13.2. The summed E-state index contributed by atoms with van der Waals surface area (Å²) in [6.07, 6.45) is 1.03. The van der Waals surface area contributed by atoms with Crippen molar-refractivity contribution in [1.82, 2.24) is 4.31 Å². The maximum Gasteiger partial charge on any atom is 0.243 e. The van der Waals surface area contributed by atoms with Crippen LogP contribution in [0.4, 0.5) is 5.69 Å². The number of halogens is 1. The van der Waals surface area contributed by atoms with Crippen LogP contribution in [0.25, 0.3) is 0 Å². The number of sulfonamides is 1. The molecule has 0 aliphatic carbocycles. The SMILES string of the molecule is Cc1ccc(NC(=O)C2CCN(S(=O)(=O)c3ccc(C)c(C)c3)CC2)c(Br)c1. The molecule has 1 heterocycles. The summed E-state index contributed by atoms with van der Waals surface area (Å²) in [6.45, 7) is 6.56. The first-order valence-corrected chi connectivity index (χ1v) is 11.6. The average Bonchev–Trinajstić information content (AvgIpc) is 2.66. The van der Waals surface area contributed by atoms with Gasteiger partial charge in [-0.25, -0.2) is 8.42 Å². The van der Waals surface area contributed by atoms with E-state index >= 15 is 0 Å². The summed E-state index contributed by atoms with van der Waals surface area (Å²) < 4.78 is 28.2. The number of amides is 1. The zero-order valence-corrected chi connectivity index (χ0v) is 18.7. The van der Waals surface area contributed by atoms with E-state index in [-0.39, 0.29) is 11.8 Å². The maximum absolute atomic E-state index is 12.9. The number of hydrogen-bond donors (Lipinski definition) is 1. The predicted octanol–water partition coefficient (Wildman–Crippen LogP) is 4.41. The van der Waals surface area contributed by atoms with Crippen LogP contribution in [0.2, 0.25) is 0 Å². The van der Waals surface area contributed by atoms with Gasteiger partial charge in [-0.1, -0.05) is 12.1 Å². The minimum Gasteiger partial charge on any atom is -0.325 e. The molecule has 0 unspecified atom stereocenters. The molecule has 0 saturated carbocycles. The second-order valence-electron chi connectivity index (χ2n) is 7.40. The predicted molar refractivity (Wildman–Crippen MR) is 115 cm³/mol. The second-order valence-corrected chi connectivity index (χ2v) is 10.2. The van der Waals surface area contributed by atoms with Gasteiger partial charge in [-0.05, 0) is 90.5 Å². The van der Waals surface area contributed by atoms with Gasteiger partial charge in [0.15, 0.2) is 0 Å². The van der Waals surface area contributed by atoms with Crippen LogP contribution >= 0.6 is 15.9 Å². The van der Waals surface area contributed by atoms with E-state index in [1.807, 2.05) is 45.0 Å². The molecule has 150 valence electrons. The van der Waals surface area contributed by atoms with Gasteiger partial charge >= 0.3 is 0 Å². The lowest BCUT2D eigenvalue weighted by molar-refractivity contribution is -0.120. The Bertz CT molecular complexity index is 997. The van der Waals surface area contributed by atoms with Crippen molar-refractivity contribution in [3.63, 3.8) is 0 Å². The van der Waals surface area contributed by atoms with Crippen molar-refractivity contribution in [3.05, 3.63) is 57.6 Å². The second kappa shape index (κ2) is 8.35. The summed E-state index contributed by atoms with van der Waals surface area (Å²) in [5.41, 5.74) is 3.87. The van der Waals surface area contributed by atoms with Gasteiger partial charge in [0, 0.05) is 23.5 Å². The molecule has 1 aliphatic rings. The van der Waals surface area contributed by atoms with Crippen LogP contribution in [0.1, 0.15) is 29.5 Å². The first-order valence-electron chi connectivity index (χ1n) is 9.33. The molecule has 1 amide bonds. The summed E-state index contributed by atoms with van der Waals surface area (Å²) in [4.78, 5) is 12.9. The molecule has 28 heavy (non-hydrogen) atoms. The lowest BCUT2D eigenvalue weighted by Gasteiger charge is -2.30. The Labute approximate surface area is 175 Å². The number of piperidine rings is 1. The molecule has 2 aromatic carbocycles. The highest BCUT2D eigenvalue weighted by molar-refractivity contribution is 9.10. The van der Waals surface area contributed by atoms with Crippen molar-refractivity contribution in [1.29, 1.82) is 0 Å². The van der Waals surface area contributed by atoms with Crippen LogP contribution in [0.15, 0.2) is 45.8 Å². The number of carbonyl (C=O) groups is 1. The van der Waals surface area contributed by atoms with Crippen molar-refractivity contribution >= 4 is 37.5 Å². The molecule has 5 nitrogen and oxygen atoms in total. The number of nitrogens with zero attached hydrogens (tertiary/aromatic N) is 1. The molecule has 3 rings (SSSR count). The number of carbonyl (C=O) groups excluding carboxylic acids is 1. The third kappa shape index (κ3) is 4.47. The number of benzene rings is 2. The Morgan fingerprint density at radius 2 is 1.71 bits per heavy atom. The van der Waals surface area contributed by atoms with Crippen molar-refractivity contribution < 1.29 is 13.2 Å². The third-order valence-electron chi connectivity index (χ3n) is 5.32. The Hall–Kier alpha value is -1.70. The molecule has 0 spiro atoms. The van der Waals surface area contributed by atoms with Gasteiger partial charge in [-0.3, -0.25) is 4.79 Å². The van der Waals surface area contributed by atoms with E-state index in [9.17, 15) is 13.2 Å². The van der Waals surface area contributed by atoms with Gasteiger partial charge in [0.05, 0.1) is 10.6 Å². The molecule has 1 fully saturated rings. The average molecular weight is 465 g/mol. The van der Waals surface area contributed by atoms with Gasteiger partial charge in [0.2, 0.25) is 15.9 Å². The number of rotatable bonds is 4. The standard InChI is InChI=1S/C21H25BrN2O3S/c1-14-4-7-20(19(22)12-14)23-21(25)17-8-10-24(11-9-17)28(26,27)18-6-5-15(2)16(3)13-18/h4-7,12-13,17H,8-11H2,1-3H3,(H,23,25). The van der Waals surface area contributed by atoms with E-state index < -0.39 is 10.0 Å². The largest absolute Gasteiger partial charge is 0.325 e. The maximum atomic E-state index is 12.9. The summed E-state index contributed by atoms with van der Waals surface area (Å²) >= 11 is 3.47. The third-order valence-corrected chi connectivity index (χ3v) is 7.87. The number of aryl methyl sites for hydroxylation is 3. The van der Waals surface area contributed by atoms with E-state index in [1.54, 1.807) is 12.1 Å². The molecule has 1 aliphatic heterocycles. The molecular weight excluding hydrogens is 440 g/mol. The minimum atomic E-state index is -3.53. The highest BCUT2D eigenvalue weighted by Gasteiger charge is 2.32. The van der Waals surface area contributed by atoms with E-state index in [4.69, 9.17) is 0 Å². The molecule has 0 bridgehead atoms. The minimum absolute atomic E-state index is 0.0622. The van der Waals surface area contributed by atoms with Crippen LogP contribution < -0.4 is 5.32 Å². The Kier molecular flexibility index (Phi) is 6.27. The topological polar surface area (TPSA) is 66.5 Å². The first kappa shape index (κ1) is 21.0. The van der Waals surface area contributed by atoms with Gasteiger partial charge in [-0.2, -0.15) is 4.31 Å². The fourth-order valence-electron chi connectivity index (χ4n) is 3.34. The molecule has 7 heteroatoms. The number of hydrogen-bond acceptors (Lipinski definition) is 3. The lowest BCUT2D eigenvalue weighted by atomic mass is 9.97. The quantitative estimate of drug-likeness (QED) is 0.728. The van der Waals surface area contributed by atoms with Crippen LogP contribution in [-0.4, -0.2) is 31.7 Å². The highest BCUT2D eigenvalue weighted by atomic mass is 79.9. The molecule has 1 N–H and O–H groups in total. The van der Waals surface area contributed by atoms with Crippen LogP contribution in [0.3, 0.4) is 0 Å². The number of nitrogens with one attached hydrogen (secondary N) is 1. The van der Waals surface area contributed by atoms with E-state index in [1.165, 1.54) is 4.31 Å². The molecular formula is C21H25BrN2O3S. The van der Waals surface area contributed by atoms with Gasteiger partial charge in [-0.15, -0.1) is 0 Å². The monoisotopic (exact) mass is 464 g/mol. The van der Waals surface area contributed by atoms with E-state index in [0.717, 1.165) is 26.9 Å². The molecule has 2 aromatic rings. The van der Waals surface area contributed by atoms with Crippen molar-refractivity contribution in [2.75, 3.05) is 18.4 Å². The molecule has 0 radical (unpaired) electrons. The van der Waals surface area contributed by atoms with Crippen LogP contribution in [-0.2, 0) is 14.8 Å². The Morgan fingerprint density at radius 3 is 2.32 bits per heavy atom. The Balaban J connectivity index is 1.64. The normalized spacial score (nSPS) is 16.1. The van der Waals surface area contributed by atoms with Crippen LogP contribution in [0, 0.1) is 26.7 Å². The van der Waals surface area contributed by atoms with Gasteiger partial charge in [0.1, 0.15) is 0 Å². The van der Waals surface area contributed by atoms with Gasteiger partial charge in [0.25, 0.3) is 0 Å². The fourth-order valence-corrected chi connectivity index (χ4v) is 5.49. The summed E-state index contributed by atoms with van der Waals surface area (Å²) in [5.74, 6) is -0.257. The fraction of sp³-hybridized carbons (Fsp3) is 0.381. The summed E-state index contributed by atoms with van der Waals surface area (Å²) in [6, 6.07) is 11.0. The smallest absolute Gasteiger partial charge is 0.243 e. The van der Waals surface area contributed by atoms with E-state index in [2.05, 4.69) is 21.2 Å². The van der Waals surface area contributed by atoms with E-state index in [0.29, 0.717) is 30.8 Å².